The van der Waals surface area contributed by atoms with Crippen molar-refractivity contribution in [1.29, 1.82) is 0 Å². The van der Waals surface area contributed by atoms with E-state index in [1.165, 1.54) is 6.07 Å². The smallest absolute Gasteiger partial charge is 0.260 e. The minimum absolute atomic E-state index is 0.0199. The number of amides is 1. The molecule has 1 saturated heterocycles. The van der Waals surface area contributed by atoms with Gasteiger partial charge in [-0.05, 0) is 30.3 Å². The summed E-state index contributed by atoms with van der Waals surface area (Å²) in [5, 5.41) is 0. The van der Waals surface area contributed by atoms with E-state index < -0.39 is 0 Å². The van der Waals surface area contributed by atoms with Gasteiger partial charge in [0, 0.05) is 42.8 Å². The van der Waals surface area contributed by atoms with Crippen LogP contribution in [0.25, 0.3) is 0 Å². The molecule has 2 aromatic rings. The van der Waals surface area contributed by atoms with Crippen LogP contribution in [-0.4, -0.2) is 48.5 Å². The minimum Gasteiger partial charge on any atom is -0.484 e. The Morgan fingerprint density at radius 3 is 2.40 bits per heavy atom. The van der Waals surface area contributed by atoms with Crippen LogP contribution in [0.15, 0.2) is 53.0 Å². The van der Waals surface area contributed by atoms with Crippen LogP contribution in [0.1, 0.15) is 5.56 Å². The highest BCUT2D eigenvalue weighted by Gasteiger charge is 2.22. The van der Waals surface area contributed by atoms with E-state index in [1.807, 2.05) is 30.3 Å². The van der Waals surface area contributed by atoms with Crippen LogP contribution >= 0.6 is 15.9 Å². The Morgan fingerprint density at radius 2 is 1.72 bits per heavy atom. The molecule has 0 aliphatic carbocycles. The normalized spacial score (nSPS) is 15.2. The second-order valence-electron chi connectivity index (χ2n) is 5.99. The molecule has 0 atom stereocenters. The first-order chi connectivity index (χ1) is 12.1. The molecule has 1 heterocycles. The van der Waals surface area contributed by atoms with Gasteiger partial charge in [0.25, 0.3) is 5.91 Å². The molecule has 0 N–H and O–H groups in total. The fourth-order valence-corrected chi connectivity index (χ4v) is 3.05. The zero-order valence-electron chi connectivity index (χ0n) is 13.8. The molecule has 0 saturated carbocycles. The molecule has 1 aliphatic heterocycles. The van der Waals surface area contributed by atoms with Gasteiger partial charge in [0.15, 0.2) is 6.61 Å². The summed E-state index contributed by atoms with van der Waals surface area (Å²) in [6, 6.07) is 14.2. The Kier molecular flexibility index (Phi) is 6.04. The number of hydrogen-bond donors (Lipinski definition) is 0. The first-order valence-electron chi connectivity index (χ1n) is 8.24. The lowest BCUT2D eigenvalue weighted by Crippen LogP contribution is -2.49. The summed E-state index contributed by atoms with van der Waals surface area (Å²) in [4.78, 5) is 16.2. The summed E-state index contributed by atoms with van der Waals surface area (Å²) in [6.07, 6.45) is 0. The Balaban J connectivity index is 1.44. The van der Waals surface area contributed by atoms with Crippen LogP contribution in [0.5, 0.6) is 5.75 Å². The molecule has 25 heavy (non-hydrogen) atoms. The average molecular weight is 407 g/mol. The van der Waals surface area contributed by atoms with Crippen molar-refractivity contribution in [2.24, 2.45) is 0 Å². The van der Waals surface area contributed by atoms with Gasteiger partial charge >= 0.3 is 0 Å². The van der Waals surface area contributed by atoms with E-state index in [0.717, 1.165) is 17.6 Å². The molecule has 2 aromatic carbocycles. The fraction of sp³-hybridized carbons (Fsp3) is 0.316. The maximum Gasteiger partial charge on any atom is 0.260 e. The number of halogens is 2. The quantitative estimate of drug-likeness (QED) is 0.763. The molecule has 132 valence electrons. The third kappa shape index (κ3) is 5.03. The monoisotopic (exact) mass is 406 g/mol. The predicted octanol–water partition coefficient (Wildman–Crippen LogP) is 3.31. The molecule has 3 rings (SSSR count). The van der Waals surface area contributed by atoms with E-state index >= 15 is 0 Å². The van der Waals surface area contributed by atoms with Crippen molar-refractivity contribution in [3.8, 4) is 5.75 Å². The molecule has 0 aromatic heterocycles. The van der Waals surface area contributed by atoms with Crippen LogP contribution in [0.3, 0.4) is 0 Å². The maximum atomic E-state index is 13.7. The van der Waals surface area contributed by atoms with Crippen LogP contribution in [-0.2, 0) is 11.3 Å². The van der Waals surface area contributed by atoms with Crippen molar-refractivity contribution in [2.45, 2.75) is 6.54 Å². The topological polar surface area (TPSA) is 32.8 Å². The highest BCUT2D eigenvalue weighted by atomic mass is 79.9. The van der Waals surface area contributed by atoms with Crippen LogP contribution < -0.4 is 4.74 Å². The van der Waals surface area contributed by atoms with Gasteiger partial charge < -0.3 is 9.64 Å². The maximum absolute atomic E-state index is 13.7. The zero-order chi connectivity index (χ0) is 17.6. The molecule has 0 bridgehead atoms. The lowest BCUT2D eigenvalue weighted by molar-refractivity contribution is -0.135. The second-order valence-corrected chi connectivity index (χ2v) is 6.91. The van der Waals surface area contributed by atoms with Crippen molar-refractivity contribution in [2.75, 3.05) is 32.8 Å². The molecule has 0 spiro atoms. The first-order valence-corrected chi connectivity index (χ1v) is 9.03. The number of carbonyl (C=O) groups excluding carboxylic acids is 1. The molecular formula is C19H20BrFN2O2. The van der Waals surface area contributed by atoms with Gasteiger partial charge in [-0.3, -0.25) is 9.69 Å². The summed E-state index contributed by atoms with van der Waals surface area (Å²) in [5.74, 6) is 0.479. The Morgan fingerprint density at radius 1 is 1.04 bits per heavy atom. The fourth-order valence-electron chi connectivity index (χ4n) is 2.79. The van der Waals surface area contributed by atoms with E-state index in [4.69, 9.17) is 4.74 Å². The summed E-state index contributed by atoms with van der Waals surface area (Å²) in [7, 11) is 0. The first kappa shape index (κ1) is 17.9. The van der Waals surface area contributed by atoms with Gasteiger partial charge in [-0.2, -0.15) is 0 Å². The van der Waals surface area contributed by atoms with Crippen molar-refractivity contribution < 1.29 is 13.9 Å². The highest BCUT2D eigenvalue weighted by Crippen LogP contribution is 2.16. The predicted molar refractivity (Wildman–Crippen MR) is 97.9 cm³/mol. The standard InChI is InChI=1S/C19H20BrFN2O2/c20-16-5-7-17(8-6-16)25-14-19(24)23-11-9-22(10-12-23)13-15-3-1-2-4-18(15)21/h1-8H,9-14H2. The summed E-state index contributed by atoms with van der Waals surface area (Å²) in [5.41, 5.74) is 0.695. The third-order valence-corrected chi connectivity index (χ3v) is 4.78. The summed E-state index contributed by atoms with van der Waals surface area (Å²) in [6.45, 7) is 3.35. The van der Waals surface area contributed by atoms with Crippen LogP contribution in [0.4, 0.5) is 4.39 Å². The van der Waals surface area contributed by atoms with E-state index in [9.17, 15) is 9.18 Å². The largest absolute Gasteiger partial charge is 0.484 e. The van der Waals surface area contributed by atoms with E-state index in [0.29, 0.717) is 30.9 Å². The van der Waals surface area contributed by atoms with E-state index in [-0.39, 0.29) is 18.3 Å². The number of rotatable bonds is 5. The number of nitrogens with zero attached hydrogens (tertiary/aromatic N) is 2. The Hall–Kier alpha value is -1.92. The number of piperazine rings is 1. The average Bonchev–Trinajstić information content (AvgIpc) is 2.63. The Bertz CT molecular complexity index is 716. The molecule has 0 radical (unpaired) electrons. The molecule has 0 unspecified atom stereocenters. The van der Waals surface area contributed by atoms with Gasteiger partial charge in [0.2, 0.25) is 0 Å². The van der Waals surface area contributed by atoms with Gasteiger partial charge in [0.05, 0.1) is 0 Å². The number of carbonyl (C=O) groups is 1. The second kappa shape index (κ2) is 8.45. The molecule has 1 aliphatic rings. The summed E-state index contributed by atoms with van der Waals surface area (Å²) < 4.78 is 20.2. The van der Waals surface area contributed by atoms with Gasteiger partial charge in [-0.25, -0.2) is 4.39 Å². The molecule has 6 heteroatoms. The van der Waals surface area contributed by atoms with Crippen molar-refractivity contribution in [1.82, 2.24) is 9.80 Å². The number of ether oxygens (including phenoxy) is 1. The highest BCUT2D eigenvalue weighted by molar-refractivity contribution is 9.10. The van der Waals surface area contributed by atoms with Crippen molar-refractivity contribution in [3.63, 3.8) is 0 Å². The zero-order valence-corrected chi connectivity index (χ0v) is 15.4. The molecule has 1 amide bonds. The molecular weight excluding hydrogens is 387 g/mol. The van der Waals surface area contributed by atoms with E-state index in [1.54, 1.807) is 17.0 Å². The van der Waals surface area contributed by atoms with Crippen molar-refractivity contribution in [3.05, 3.63) is 64.4 Å². The third-order valence-electron chi connectivity index (χ3n) is 4.25. The van der Waals surface area contributed by atoms with Gasteiger partial charge in [-0.1, -0.05) is 34.1 Å². The lowest BCUT2D eigenvalue weighted by atomic mass is 10.2. The Labute approximate surface area is 155 Å². The van der Waals surface area contributed by atoms with E-state index in [2.05, 4.69) is 20.8 Å². The van der Waals surface area contributed by atoms with Gasteiger partial charge in [-0.15, -0.1) is 0 Å². The van der Waals surface area contributed by atoms with Crippen molar-refractivity contribution >= 4 is 21.8 Å². The summed E-state index contributed by atoms with van der Waals surface area (Å²) >= 11 is 3.36. The van der Waals surface area contributed by atoms with Crippen LogP contribution in [0.2, 0.25) is 0 Å². The molecule has 4 nitrogen and oxygen atoms in total. The SMILES string of the molecule is O=C(COc1ccc(Br)cc1)N1CCN(Cc2ccccc2F)CC1. The minimum atomic E-state index is -0.177. The van der Waals surface area contributed by atoms with Crippen LogP contribution in [0, 0.1) is 5.82 Å². The van der Waals surface area contributed by atoms with Gasteiger partial charge in [0.1, 0.15) is 11.6 Å². The lowest BCUT2D eigenvalue weighted by Gasteiger charge is -2.34. The molecule has 1 fully saturated rings. The number of benzene rings is 2. The number of hydrogen-bond acceptors (Lipinski definition) is 3.